The number of piperidine rings is 1. The molecule has 2 saturated heterocycles. The van der Waals surface area contributed by atoms with Crippen molar-refractivity contribution < 1.29 is 14.6 Å². The molecule has 0 radical (unpaired) electrons. The Morgan fingerprint density at radius 2 is 1.96 bits per heavy atom. The highest BCUT2D eigenvalue weighted by Gasteiger charge is 2.66. The minimum absolute atomic E-state index is 0.0380. The fourth-order valence-corrected chi connectivity index (χ4v) is 12.3. The first kappa shape index (κ1) is 28.5. The predicted molar refractivity (Wildman–Crippen MR) is 184 cm³/mol. The summed E-state index contributed by atoms with van der Waals surface area (Å²) in [6, 6.07) is 14.1. The number of esters is 1. The number of anilines is 1. The van der Waals surface area contributed by atoms with Gasteiger partial charge in [-0.05, 0) is 86.6 Å². The van der Waals surface area contributed by atoms with Crippen LogP contribution in [0.5, 0.6) is 5.75 Å². The van der Waals surface area contributed by atoms with E-state index in [2.05, 4.69) is 76.0 Å². The lowest BCUT2D eigenvalue weighted by molar-refractivity contribution is -0.137. The molecule has 1 spiro atoms. The molecule has 2 N–H and O–H groups in total. The topological polar surface area (TPSA) is 70.0 Å². The average Bonchev–Trinajstić information content (AvgIpc) is 3.77. The van der Waals surface area contributed by atoms with Crippen molar-refractivity contribution in [3.8, 4) is 5.75 Å². The molecule has 244 valence electrons. The monoisotopic (exact) mass is 630 g/mol. The third-order valence-electron chi connectivity index (χ3n) is 14.2. The highest BCUT2D eigenvalue weighted by atomic mass is 16.5. The number of phenolic OH excluding ortho intramolecular Hbond substituents is 1. The SMILES string of the molecule is CCC12C=CCN3CCC4(C(=C(C(=O)OC)C1)Nc1cc(O)c(C5CC6(CC)CCCN7CCc8c(n5c5ccccc85)C76)cc14)C32. The largest absolute Gasteiger partial charge is 0.508 e. The molecule has 6 unspecified atom stereocenters. The van der Waals surface area contributed by atoms with Gasteiger partial charge in [0.1, 0.15) is 5.75 Å². The van der Waals surface area contributed by atoms with Crippen LogP contribution < -0.4 is 5.32 Å². The van der Waals surface area contributed by atoms with Crippen molar-refractivity contribution in [2.45, 2.75) is 88.8 Å². The second-order valence-corrected chi connectivity index (χ2v) is 15.7. The Morgan fingerprint density at radius 1 is 1.09 bits per heavy atom. The smallest absolute Gasteiger partial charge is 0.335 e. The van der Waals surface area contributed by atoms with Crippen LogP contribution in [0, 0.1) is 10.8 Å². The van der Waals surface area contributed by atoms with Crippen molar-refractivity contribution in [1.82, 2.24) is 14.4 Å². The molecule has 0 amide bonds. The summed E-state index contributed by atoms with van der Waals surface area (Å²) in [5.74, 6) is 0.125. The van der Waals surface area contributed by atoms with E-state index in [9.17, 15) is 9.90 Å². The molecule has 7 aliphatic rings. The number of para-hydroxylation sites is 1. The average molecular weight is 631 g/mol. The Kier molecular flexibility index (Phi) is 5.78. The number of phenols is 1. The van der Waals surface area contributed by atoms with Crippen molar-refractivity contribution >= 4 is 22.6 Å². The summed E-state index contributed by atoms with van der Waals surface area (Å²) in [6.45, 7) is 8.93. The lowest BCUT2D eigenvalue weighted by Gasteiger charge is -2.57. The number of benzene rings is 2. The van der Waals surface area contributed by atoms with Crippen LogP contribution in [0.2, 0.25) is 0 Å². The number of methoxy groups -OCH3 is 1. The summed E-state index contributed by atoms with van der Waals surface area (Å²) in [4.78, 5) is 19.0. The summed E-state index contributed by atoms with van der Waals surface area (Å²) >= 11 is 0. The third-order valence-corrected chi connectivity index (χ3v) is 14.2. The molecule has 0 bridgehead atoms. The van der Waals surface area contributed by atoms with Gasteiger partial charge in [-0.25, -0.2) is 4.79 Å². The van der Waals surface area contributed by atoms with Crippen LogP contribution in [-0.2, 0) is 21.4 Å². The molecular formula is C40H46N4O3. The van der Waals surface area contributed by atoms with E-state index in [-0.39, 0.29) is 34.3 Å². The lowest BCUT2D eigenvalue weighted by atomic mass is 9.55. The highest BCUT2D eigenvalue weighted by Crippen LogP contribution is 2.66. The van der Waals surface area contributed by atoms with Gasteiger partial charge in [-0.1, -0.05) is 44.2 Å². The Hall–Kier alpha value is -3.55. The molecular weight excluding hydrogens is 584 g/mol. The number of ether oxygens (including phenoxy) is 1. The van der Waals surface area contributed by atoms with Crippen LogP contribution in [0.15, 0.2) is 59.8 Å². The van der Waals surface area contributed by atoms with Crippen LogP contribution in [0.25, 0.3) is 10.9 Å². The van der Waals surface area contributed by atoms with Crippen molar-refractivity contribution in [1.29, 1.82) is 0 Å². The number of nitrogens with zero attached hydrogens (tertiary/aromatic N) is 3. The number of aromatic nitrogens is 1. The Bertz CT molecular complexity index is 1940. The second-order valence-electron chi connectivity index (χ2n) is 15.7. The zero-order valence-corrected chi connectivity index (χ0v) is 27.9. The molecule has 3 aromatic rings. The molecule has 2 aromatic carbocycles. The number of nitrogens with one attached hydrogen (secondary N) is 1. The van der Waals surface area contributed by atoms with E-state index in [1.54, 1.807) is 0 Å². The Morgan fingerprint density at radius 3 is 2.79 bits per heavy atom. The number of carbonyl (C=O) groups excluding carboxylic acids is 1. The summed E-state index contributed by atoms with van der Waals surface area (Å²) < 4.78 is 8.10. The van der Waals surface area contributed by atoms with Crippen LogP contribution in [0.3, 0.4) is 0 Å². The molecule has 6 aliphatic heterocycles. The number of carbonyl (C=O) groups is 1. The lowest BCUT2D eigenvalue weighted by Crippen LogP contribution is -2.58. The molecule has 1 aromatic heterocycles. The molecule has 6 atom stereocenters. The predicted octanol–water partition coefficient (Wildman–Crippen LogP) is 6.96. The molecule has 7 heterocycles. The summed E-state index contributed by atoms with van der Waals surface area (Å²) in [6.07, 6.45) is 13.0. The molecule has 0 saturated carbocycles. The summed E-state index contributed by atoms with van der Waals surface area (Å²) in [5.41, 5.74) is 9.05. The van der Waals surface area contributed by atoms with E-state index in [1.165, 1.54) is 54.2 Å². The van der Waals surface area contributed by atoms with E-state index in [4.69, 9.17) is 4.74 Å². The minimum Gasteiger partial charge on any atom is -0.508 e. The van der Waals surface area contributed by atoms with Crippen LogP contribution in [0.4, 0.5) is 5.69 Å². The van der Waals surface area contributed by atoms with Gasteiger partial charge in [0.05, 0.1) is 30.2 Å². The summed E-state index contributed by atoms with van der Waals surface area (Å²) in [7, 11) is 1.51. The Labute approximate surface area is 277 Å². The number of fused-ring (bicyclic) bond motifs is 4. The first-order valence-electron chi connectivity index (χ1n) is 18.1. The second kappa shape index (κ2) is 9.54. The van der Waals surface area contributed by atoms with Crippen LogP contribution in [0.1, 0.15) is 93.3 Å². The zero-order valence-electron chi connectivity index (χ0n) is 27.9. The van der Waals surface area contributed by atoms with Gasteiger partial charge in [0, 0.05) is 70.7 Å². The first-order chi connectivity index (χ1) is 22.9. The first-order valence-corrected chi connectivity index (χ1v) is 18.1. The number of hydrogen-bond acceptors (Lipinski definition) is 6. The standard InChI is InChI=1S/C40H46N4O3/c1-4-38-13-8-16-42-18-12-25-24-10-6-7-11-30(24)44(33(25)35(38)42)31(23-38)26-20-28-29(21-32(26)45)41-34-27(36(46)47-3)22-39(5-2)14-9-17-43-19-15-40(28,34)37(39)43/h6-7,9-11,14,20-21,31,35,37,41,45H,4-5,8,12-13,15-19,22-23H2,1-3H3. The molecule has 2 fully saturated rings. The molecule has 1 aliphatic carbocycles. The van der Waals surface area contributed by atoms with Gasteiger partial charge in [-0.2, -0.15) is 0 Å². The van der Waals surface area contributed by atoms with Crippen LogP contribution in [-0.4, -0.2) is 64.8 Å². The van der Waals surface area contributed by atoms with Gasteiger partial charge in [-0.3, -0.25) is 9.80 Å². The van der Waals surface area contributed by atoms with Crippen LogP contribution >= 0.6 is 0 Å². The fraction of sp³-hybridized carbons (Fsp3) is 0.525. The van der Waals surface area contributed by atoms with E-state index in [0.717, 1.165) is 74.3 Å². The molecule has 47 heavy (non-hydrogen) atoms. The van der Waals surface area contributed by atoms with Gasteiger partial charge in [0.25, 0.3) is 0 Å². The van der Waals surface area contributed by atoms with Crippen molar-refractivity contribution in [2.75, 3.05) is 38.6 Å². The molecule has 7 heteroatoms. The number of hydrogen-bond donors (Lipinski definition) is 2. The van der Waals surface area contributed by atoms with E-state index >= 15 is 0 Å². The van der Waals surface area contributed by atoms with E-state index in [1.807, 2.05) is 6.07 Å². The van der Waals surface area contributed by atoms with E-state index < -0.39 is 0 Å². The highest BCUT2D eigenvalue weighted by molar-refractivity contribution is 5.93. The summed E-state index contributed by atoms with van der Waals surface area (Å²) in [5, 5.41) is 17.2. The van der Waals surface area contributed by atoms with Crippen molar-refractivity contribution in [2.24, 2.45) is 10.8 Å². The molecule has 10 rings (SSSR count). The maximum absolute atomic E-state index is 13.5. The van der Waals surface area contributed by atoms with Crippen molar-refractivity contribution in [3.63, 3.8) is 0 Å². The Balaban J connectivity index is 1.23. The van der Waals surface area contributed by atoms with Crippen molar-refractivity contribution in [3.05, 3.63) is 82.2 Å². The normalized spacial score (nSPS) is 34.9. The zero-order chi connectivity index (χ0) is 31.9. The van der Waals surface area contributed by atoms with Gasteiger partial charge in [0.15, 0.2) is 0 Å². The number of aromatic hydroxyl groups is 1. The van der Waals surface area contributed by atoms with Gasteiger partial charge in [0.2, 0.25) is 0 Å². The van der Waals surface area contributed by atoms with Gasteiger partial charge < -0.3 is 19.7 Å². The third kappa shape index (κ3) is 3.33. The minimum atomic E-state index is -0.347. The maximum Gasteiger partial charge on any atom is 0.335 e. The van der Waals surface area contributed by atoms with Gasteiger partial charge in [-0.15, -0.1) is 0 Å². The van der Waals surface area contributed by atoms with E-state index in [0.29, 0.717) is 18.2 Å². The molecule has 7 nitrogen and oxygen atoms in total. The fourth-order valence-electron chi connectivity index (χ4n) is 12.3. The quantitative estimate of drug-likeness (QED) is 0.240. The maximum atomic E-state index is 13.5. The number of rotatable bonds is 4. The van der Waals surface area contributed by atoms with Gasteiger partial charge >= 0.3 is 5.97 Å².